The highest BCUT2D eigenvalue weighted by molar-refractivity contribution is 7.91. The molecule has 0 aliphatic carbocycles. The predicted molar refractivity (Wildman–Crippen MR) is 120 cm³/mol. The Morgan fingerprint density at radius 1 is 1.23 bits per heavy atom. The van der Waals surface area contributed by atoms with Crippen LogP contribution in [0.15, 0.2) is 42.7 Å². The highest BCUT2D eigenvalue weighted by atomic mass is 32.2. The molecule has 0 saturated carbocycles. The molecule has 2 atom stereocenters. The van der Waals surface area contributed by atoms with Crippen LogP contribution in [0.4, 0.5) is 0 Å². The Hall–Kier alpha value is -2.72. The van der Waals surface area contributed by atoms with Crippen molar-refractivity contribution in [2.45, 2.75) is 32.4 Å². The summed E-state index contributed by atoms with van der Waals surface area (Å²) in [5.74, 6) is -0.848. The van der Waals surface area contributed by atoms with Gasteiger partial charge in [-0.1, -0.05) is 25.2 Å². The van der Waals surface area contributed by atoms with Crippen LogP contribution >= 0.6 is 11.3 Å². The maximum atomic E-state index is 12.9. The molecule has 31 heavy (non-hydrogen) atoms. The zero-order valence-corrected chi connectivity index (χ0v) is 18.9. The first-order chi connectivity index (χ1) is 14.7. The van der Waals surface area contributed by atoms with Crippen molar-refractivity contribution in [2.24, 2.45) is 5.92 Å². The number of thiazole rings is 1. The zero-order chi connectivity index (χ0) is 22.2. The molecule has 0 bridgehead atoms. The van der Waals surface area contributed by atoms with E-state index in [1.165, 1.54) is 11.3 Å². The lowest BCUT2D eigenvalue weighted by Gasteiger charge is -2.23. The Morgan fingerprint density at radius 2 is 1.97 bits per heavy atom. The van der Waals surface area contributed by atoms with E-state index in [0.29, 0.717) is 12.0 Å². The minimum absolute atomic E-state index is 0.0523. The molecule has 3 aromatic rings. The maximum absolute atomic E-state index is 12.9. The molecule has 2 N–H and O–H groups in total. The third-order valence-corrected chi connectivity index (χ3v) is 8.08. The molecule has 164 valence electrons. The summed E-state index contributed by atoms with van der Waals surface area (Å²) in [6.45, 7) is 3.68. The number of sulfone groups is 1. The van der Waals surface area contributed by atoms with Gasteiger partial charge in [-0.05, 0) is 42.7 Å². The van der Waals surface area contributed by atoms with Gasteiger partial charge in [0.15, 0.2) is 15.0 Å². The van der Waals surface area contributed by atoms with Gasteiger partial charge in [-0.3, -0.25) is 9.59 Å². The van der Waals surface area contributed by atoms with Gasteiger partial charge in [0.1, 0.15) is 6.04 Å². The highest BCUT2D eigenvalue weighted by Crippen LogP contribution is 2.26. The second kappa shape index (κ2) is 8.43. The minimum Gasteiger partial charge on any atom is -0.351 e. The van der Waals surface area contributed by atoms with E-state index in [-0.39, 0.29) is 29.2 Å². The van der Waals surface area contributed by atoms with Crippen LogP contribution in [0.25, 0.3) is 15.3 Å². The molecule has 2 aromatic heterocycles. The number of nitrogens with one attached hydrogen (secondary N) is 2. The Morgan fingerprint density at radius 3 is 2.61 bits per heavy atom. The number of nitrogens with zero attached hydrogens (tertiary/aromatic N) is 2. The molecule has 1 saturated heterocycles. The fraction of sp³-hybridized carbons (Fsp3) is 0.381. The van der Waals surface area contributed by atoms with Crippen molar-refractivity contribution >= 4 is 43.2 Å². The van der Waals surface area contributed by atoms with Crippen LogP contribution in [0.3, 0.4) is 0 Å². The molecule has 1 aliphatic heterocycles. The summed E-state index contributed by atoms with van der Waals surface area (Å²) in [5.41, 5.74) is 1.24. The van der Waals surface area contributed by atoms with Gasteiger partial charge in [-0.2, -0.15) is 0 Å². The number of benzene rings is 1. The molecular formula is C21H24N4O4S2. The molecule has 0 spiro atoms. The monoisotopic (exact) mass is 460 g/mol. The van der Waals surface area contributed by atoms with Gasteiger partial charge in [0.25, 0.3) is 5.91 Å². The standard InChI is InChI=1S/C21H24N4O4S2/c1-13(2)18(20(27)22-15-7-10-31(28,29)12-15)24-19(26)14-5-6-16-17(11-14)30-21(23-16)25-8-3-4-9-25/h3-6,8-9,11,13,15,18H,7,10,12H2,1-2H3,(H,22,27)(H,24,26)/t15-,18+/m1/s1. The molecule has 1 fully saturated rings. The van der Waals surface area contributed by atoms with Gasteiger partial charge >= 0.3 is 0 Å². The van der Waals surface area contributed by atoms with E-state index in [1.807, 2.05) is 42.9 Å². The Balaban J connectivity index is 1.48. The Bertz CT molecular complexity index is 1220. The largest absolute Gasteiger partial charge is 0.351 e. The molecule has 8 nitrogen and oxygen atoms in total. The van der Waals surface area contributed by atoms with Gasteiger partial charge in [-0.25, -0.2) is 13.4 Å². The van der Waals surface area contributed by atoms with E-state index < -0.39 is 21.9 Å². The zero-order valence-electron chi connectivity index (χ0n) is 17.2. The molecule has 0 unspecified atom stereocenters. The summed E-state index contributed by atoms with van der Waals surface area (Å²) >= 11 is 1.47. The van der Waals surface area contributed by atoms with E-state index in [0.717, 1.165) is 15.3 Å². The topological polar surface area (TPSA) is 110 Å². The molecule has 1 aliphatic rings. The molecule has 2 amide bonds. The first-order valence-corrected chi connectivity index (χ1v) is 12.7. The van der Waals surface area contributed by atoms with Crippen LogP contribution < -0.4 is 10.6 Å². The second-order valence-corrected chi connectivity index (χ2v) is 11.3. The van der Waals surface area contributed by atoms with Crippen LogP contribution in [0.1, 0.15) is 30.6 Å². The lowest BCUT2D eigenvalue weighted by molar-refractivity contribution is -0.124. The lowest BCUT2D eigenvalue weighted by atomic mass is 10.0. The van der Waals surface area contributed by atoms with Crippen molar-refractivity contribution in [2.75, 3.05) is 11.5 Å². The molecule has 0 radical (unpaired) electrons. The SMILES string of the molecule is CC(C)[C@H](NC(=O)c1ccc2nc(-n3cccc3)sc2c1)C(=O)N[C@@H]1CCS(=O)(=O)C1. The van der Waals surface area contributed by atoms with Crippen molar-refractivity contribution < 1.29 is 18.0 Å². The van der Waals surface area contributed by atoms with Crippen molar-refractivity contribution in [1.29, 1.82) is 0 Å². The third-order valence-electron chi connectivity index (χ3n) is 5.28. The summed E-state index contributed by atoms with van der Waals surface area (Å²) in [6, 6.07) is 7.93. The van der Waals surface area contributed by atoms with Crippen molar-refractivity contribution in [3.63, 3.8) is 0 Å². The summed E-state index contributed by atoms with van der Waals surface area (Å²) in [6.07, 6.45) is 4.22. The average Bonchev–Trinajstić information content (AvgIpc) is 3.44. The van der Waals surface area contributed by atoms with Gasteiger partial charge in [0.05, 0.1) is 21.7 Å². The summed E-state index contributed by atoms with van der Waals surface area (Å²) in [7, 11) is -3.10. The predicted octanol–water partition coefficient (Wildman–Crippen LogP) is 2.14. The number of hydrogen-bond donors (Lipinski definition) is 2. The van der Waals surface area contributed by atoms with Crippen LogP contribution in [-0.4, -0.2) is 53.4 Å². The number of hydrogen-bond acceptors (Lipinski definition) is 6. The fourth-order valence-corrected chi connectivity index (χ4v) is 6.23. The van der Waals surface area contributed by atoms with Crippen molar-refractivity contribution in [3.8, 4) is 5.13 Å². The summed E-state index contributed by atoms with van der Waals surface area (Å²) in [4.78, 5) is 30.2. The number of rotatable bonds is 6. The first-order valence-electron chi connectivity index (χ1n) is 10.1. The lowest BCUT2D eigenvalue weighted by Crippen LogP contribution is -2.52. The van der Waals surface area contributed by atoms with Gasteiger partial charge in [0.2, 0.25) is 5.91 Å². The number of aromatic nitrogens is 2. The van der Waals surface area contributed by atoms with Crippen LogP contribution in [0.5, 0.6) is 0 Å². The van der Waals surface area contributed by atoms with Crippen LogP contribution in [0.2, 0.25) is 0 Å². The highest BCUT2D eigenvalue weighted by Gasteiger charge is 2.32. The number of carbonyl (C=O) groups excluding carboxylic acids is 2. The number of amides is 2. The van der Waals surface area contributed by atoms with E-state index in [9.17, 15) is 18.0 Å². The quantitative estimate of drug-likeness (QED) is 0.586. The van der Waals surface area contributed by atoms with E-state index in [4.69, 9.17) is 0 Å². The Labute approximate surface area is 184 Å². The van der Waals surface area contributed by atoms with Crippen molar-refractivity contribution in [1.82, 2.24) is 20.2 Å². The third kappa shape index (κ3) is 4.80. The summed E-state index contributed by atoms with van der Waals surface area (Å²) in [5, 5.41) is 6.39. The second-order valence-electron chi connectivity index (χ2n) is 8.07. The summed E-state index contributed by atoms with van der Waals surface area (Å²) < 4.78 is 26.1. The van der Waals surface area contributed by atoms with E-state index in [1.54, 1.807) is 18.2 Å². The Kier molecular flexibility index (Phi) is 5.85. The van der Waals surface area contributed by atoms with Crippen LogP contribution in [0, 0.1) is 5.92 Å². The normalized spacial score (nSPS) is 18.9. The van der Waals surface area contributed by atoms with Gasteiger partial charge < -0.3 is 15.2 Å². The van der Waals surface area contributed by atoms with E-state index in [2.05, 4.69) is 15.6 Å². The van der Waals surface area contributed by atoms with Gasteiger partial charge in [-0.15, -0.1) is 0 Å². The van der Waals surface area contributed by atoms with Gasteiger partial charge in [0, 0.05) is 24.0 Å². The molecule has 10 heteroatoms. The molecule has 1 aromatic carbocycles. The average molecular weight is 461 g/mol. The molecule has 4 rings (SSSR count). The van der Waals surface area contributed by atoms with E-state index >= 15 is 0 Å². The molecular weight excluding hydrogens is 436 g/mol. The number of carbonyl (C=O) groups is 2. The smallest absolute Gasteiger partial charge is 0.251 e. The molecule has 3 heterocycles. The fourth-order valence-electron chi connectivity index (χ4n) is 3.59. The van der Waals surface area contributed by atoms with Crippen molar-refractivity contribution in [3.05, 3.63) is 48.3 Å². The number of fused-ring (bicyclic) bond motifs is 1. The van der Waals surface area contributed by atoms with Crippen LogP contribution in [-0.2, 0) is 14.6 Å². The minimum atomic E-state index is -3.10. The maximum Gasteiger partial charge on any atom is 0.251 e. The first kappa shape index (κ1) is 21.5.